The van der Waals surface area contributed by atoms with Crippen LogP contribution in [0.3, 0.4) is 0 Å². The number of carbonyl (C=O) groups excluding carboxylic acids is 1. The fourth-order valence-corrected chi connectivity index (χ4v) is 1.38. The highest BCUT2D eigenvalue weighted by Crippen LogP contribution is 2.27. The van der Waals surface area contributed by atoms with E-state index in [-0.39, 0.29) is 0 Å². The summed E-state index contributed by atoms with van der Waals surface area (Å²) >= 11 is 3.30. The Morgan fingerprint density at radius 3 is 2.93 bits per heavy atom. The second kappa shape index (κ2) is 5.35. The highest BCUT2D eigenvalue weighted by molar-refractivity contribution is 9.10. The monoisotopic (exact) mass is 271 g/mol. The third kappa shape index (κ3) is 3.25. The van der Waals surface area contributed by atoms with E-state index in [2.05, 4.69) is 26.6 Å². The molecule has 0 saturated carbocycles. The largest absolute Gasteiger partial charge is 0.495 e. The van der Waals surface area contributed by atoms with E-state index in [1.165, 1.54) is 0 Å². The summed E-state index contributed by atoms with van der Waals surface area (Å²) < 4.78 is 5.87. The van der Waals surface area contributed by atoms with Crippen LogP contribution in [0.15, 0.2) is 22.7 Å². The van der Waals surface area contributed by atoms with E-state index in [1.54, 1.807) is 25.3 Å². The van der Waals surface area contributed by atoms with Gasteiger partial charge in [0.1, 0.15) is 5.75 Å². The molecule has 0 fully saturated rings. The molecule has 0 aliphatic heterocycles. The first-order valence-electron chi connectivity index (χ1n) is 4.07. The standard InChI is InChI=1S/C9H10BrN3O2/c1-15-8-4-6(2-3-7(8)10)13-9(14)12-5-11/h2-5H,1H3,(H3,11,12,13,14). The smallest absolute Gasteiger partial charge is 0.324 e. The van der Waals surface area contributed by atoms with E-state index in [0.717, 1.165) is 10.8 Å². The molecule has 0 aliphatic rings. The maximum atomic E-state index is 11.1. The van der Waals surface area contributed by atoms with Gasteiger partial charge in [-0.15, -0.1) is 0 Å². The lowest BCUT2D eigenvalue weighted by Gasteiger charge is -2.07. The lowest BCUT2D eigenvalue weighted by Crippen LogP contribution is -2.26. The zero-order valence-electron chi connectivity index (χ0n) is 8.00. The minimum atomic E-state index is -0.464. The number of benzene rings is 1. The van der Waals surface area contributed by atoms with Crippen LogP contribution in [-0.4, -0.2) is 19.5 Å². The quantitative estimate of drug-likeness (QED) is 0.582. The highest BCUT2D eigenvalue weighted by atomic mass is 79.9. The van der Waals surface area contributed by atoms with E-state index in [0.29, 0.717) is 11.4 Å². The van der Waals surface area contributed by atoms with Gasteiger partial charge in [0, 0.05) is 11.8 Å². The van der Waals surface area contributed by atoms with Crippen LogP contribution < -0.4 is 15.4 Å². The van der Waals surface area contributed by atoms with Crippen molar-refractivity contribution in [1.29, 1.82) is 5.41 Å². The first-order chi connectivity index (χ1) is 7.17. The van der Waals surface area contributed by atoms with Gasteiger partial charge in [-0.2, -0.15) is 0 Å². The topological polar surface area (TPSA) is 74.2 Å². The molecule has 1 aromatic carbocycles. The number of amides is 2. The zero-order chi connectivity index (χ0) is 11.3. The van der Waals surface area contributed by atoms with Crippen molar-refractivity contribution < 1.29 is 9.53 Å². The Morgan fingerprint density at radius 2 is 2.33 bits per heavy atom. The molecule has 1 rings (SSSR count). The number of hydrogen-bond acceptors (Lipinski definition) is 3. The van der Waals surface area contributed by atoms with Crippen molar-refractivity contribution in [2.75, 3.05) is 12.4 Å². The summed E-state index contributed by atoms with van der Waals surface area (Å²) in [5, 5.41) is 11.4. The van der Waals surface area contributed by atoms with Crippen molar-refractivity contribution in [1.82, 2.24) is 5.32 Å². The average molecular weight is 272 g/mol. The molecule has 6 heteroatoms. The molecule has 1 aromatic rings. The van der Waals surface area contributed by atoms with Gasteiger partial charge in [-0.05, 0) is 28.1 Å². The van der Waals surface area contributed by atoms with Gasteiger partial charge >= 0.3 is 6.03 Å². The molecular weight excluding hydrogens is 262 g/mol. The van der Waals surface area contributed by atoms with Gasteiger partial charge in [-0.3, -0.25) is 10.7 Å². The molecule has 0 aliphatic carbocycles. The Morgan fingerprint density at radius 1 is 1.60 bits per heavy atom. The van der Waals surface area contributed by atoms with Crippen LogP contribution in [0, 0.1) is 5.41 Å². The zero-order valence-corrected chi connectivity index (χ0v) is 9.59. The number of halogens is 1. The summed E-state index contributed by atoms with van der Waals surface area (Å²) in [5.74, 6) is 0.627. The SMILES string of the molecule is COc1cc(NC(=O)NC=N)ccc1Br. The van der Waals surface area contributed by atoms with Gasteiger partial charge in [0.25, 0.3) is 0 Å². The molecular formula is C9H10BrN3O2. The highest BCUT2D eigenvalue weighted by Gasteiger charge is 2.03. The Hall–Kier alpha value is -1.56. The number of nitrogens with one attached hydrogen (secondary N) is 3. The lowest BCUT2D eigenvalue weighted by atomic mass is 10.3. The summed E-state index contributed by atoms with van der Waals surface area (Å²) in [4.78, 5) is 11.1. The molecule has 0 aromatic heterocycles. The van der Waals surface area contributed by atoms with Crippen LogP contribution in [-0.2, 0) is 0 Å². The average Bonchev–Trinajstić information content (AvgIpc) is 2.21. The van der Waals surface area contributed by atoms with Crippen LogP contribution in [0.2, 0.25) is 0 Å². The maximum absolute atomic E-state index is 11.1. The van der Waals surface area contributed by atoms with Crippen LogP contribution in [0.1, 0.15) is 0 Å². The van der Waals surface area contributed by atoms with Crippen molar-refractivity contribution in [2.45, 2.75) is 0 Å². The van der Waals surface area contributed by atoms with Crippen molar-refractivity contribution in [2.24, 2.45) is 0 Å². The van der Waals surface area contributed by atoms with Gasteiger partial charge in [0.05, 0.1) is 17.9 Å². The molecule has 2 amide bonds. The number of hydrogen-bond donors (Lipinski definition) is 3. The third-order valence-electron chi connectivity index (χ3n) is 1.61. The van der Waals surface area contributed by atoms with Gasteiger partial charge in [-0.25, -0.2) is 4.79 Å². The molecule has 80 valence electrons. The number of carbonyl (C=O) groups is 1. The fourth-order valence-electron chi connectivity index (χ4n) is 0.970. The van der Waals surface area contributed by atoms with Crippen LogP contribution in [0.4, 0.5) is 10.5 Å². The fraction of sp³-hybridized carbons (Fsp3) is 0.111. The summed E-state index contributed by atoms with van der Waals surface area (Å²) in [6.07, 6.45) is 0.811. The van der Waals surface area contributed by atoms with Crippen LogP contribution in [0.25, 0.3) is 0 Å². The number of rotatable bonds is 3. The Kier molecular flexibility index (Phi) is 4.11. The van der Waals surface area contributed by atoms with E-state index in [4.69, 9.17) is 10.1 Å². The molecule has 0 spiro atoms. The predicted octanol–water partition coefficient (Wildman–Crippen LogP) is 2.19. The summed E-state index contributed by atoms with van der Waals surface area (Å²) in [7, 11) is 1.54. The molecule has 0 radical (unpaired) electrons. The van der Waals surface area contributed by atoms with Gasteiger partial charge in [-0.1, -0.05) is 0 Å². The minimum Gasteiger partial charge on any atom is -0.495 e. The number of anilines is 1. The van der Waals surface area contributed by atoms with Crippen LogP contribution in [0.5, 0.6) is 5.75 Å². The molecule has 0 bridgehead atoms. The van der Waals surface area contributed by atoms with Gasteiger partial charge in [0.15, 0.2) is 0 Å². The van der Waals surface area contributed by atoms with Crippen LogP contribution >= 0.6 is 15.9 Å². The Balaban J connectivity index is 2.78. The van der Waals surface area contributed by atoms with E-state index in [1.807, 2.05) is 0 Å². The van der Waals surface area contributed by atoms with E-state index in [9.17, 15) is 4.79 Å². The van der Waals surface area contributed by atoms with E-state index < -0.39 is 6.03 Å². The molecule has 0 saturated heterocycles. The minimum absolute atomic E-state index is 0.464. The Labute approximate surface area is 95.5 Å². The second-order valence-electron chi connectivity index (χ2n) is 2.59. The lowest BCUT2D eigenvalue weighted by molar-refractivity contribution is 0.256. The molecule has 3 N–H and O–H groups in total. The number of urea groups is 1. The molecule has 0 unspecified atom stereocenters. The second-order valence-corrected chi connectivity index (χ2v) is 3.45. The normalized spacial score (nSPS) is 9.20. The third-order valence-corrected chi connectivity index (χ3v) is 2.27. The Bertz CT molecular complexity index is 382. The molecule has 0 atom stereocenters. The van der Waals surface area contributed by atoms with Gasteiger partial charge in [0.2, 0.25) is 0 Å². The summed E-state index contributed by atoms with van der Waals surface area (Å²) in [5.41, 5.74) is 0.592. The molecule has 0 heterocycles. The van der Waals surface area contributed by atoms with Crippen molar-refractivity contribution in [3.05, 3.63) is 22.7 Å². The van der Waals surface area contributed by atoms with Crippen molar-refractivity contribution in [3.63, 3.8) is 0 Å². The molecule has 15 heavy (non-hydrogen) atoms. The first-order valence-corrected chi connectivity index (χ1v) is 4.86. The maximum Gasteiger partial charge on any atom is 0.324 e. The van der Waals surface area contributed by atoms with Gasteiger partial charge < -0.3 is 10.1 Å². The summed E-state index contributed by atoms with van der Waals surface area (Å²) in [6, 6.07) is 4.69. The predicted molar refractivity (Wildman–Crippen MR) is 61.6 cm³/mol. The van der Waals surface area contributed by atoms with Crippen molar-refractivity contribution >= 4 is 34.0 Å². The van der Waals surface area contributed by atoms with Crippen molar-refractivity contribution in [3.8, 4) is 5.75 Å². The summed E-state index contributed by atoms with van der Waals surface area (Å²) in [6.45, 7) is 0. The van der Waals surface area contributed by atoms with E-state index >= 15 is 0 Å². The number of ether oxygens (including phenoxy) is 1. The number of methoxy groups -OCH3 is 1. The first kappa shape index (κ1) is 11.5. The molecule has 5 nitrogen and oxygen atoms in total.